The summed E-state index contributed by atoms with van der Waals surface area (Å²) in [5.74, 6) is 0. The molecule has 2 rings (SSSR count). The summed E-state index contributed by atoms with van der Waals surface area (Å²) in [5, 5.41) is 8.14. The van der Waals surface area contributed by atoms with E-state index >= 15 is 0 Å². The molecule has 81 valence electrons. The Labute approximate surface area is 106 Å². The van der Waals surface area contributed by atoms with Gasteiger partial charge in [-0.3, -0.25) is 5.10 Å². The van der Waals surface area contributed by atoms with Gasteiger partial charge in [0.05, 0.1) is 11.7 Å². The molecule has 15 heavy (non-hydrogen) atoms. The summed E-state index contributed by atoms with van der Waals surface area (Å²) in [6, 6.07) is 4.28. The van der Waals surface area contributed by atoms with E-state index in [1.807, 2.05) is 6.20 Å². The second kappa shape index (κ2) is 6.12. The number of hydrogen-bond acceptors (Lipinski definition) is 1. The topological polar surface area (TPSA) is 28.7 Å². The summed E-state index contributed by atoms with van der Waals surface area (Å²) in [6.07, 6.45) is 1.86. The van der Waals surface area contributed by atoms with Gasteiger partial charge in [0.2, 0.25) is 0 Å². The number of nitrogens with one attached hydrogen (secondary N) is 1. The van der Waals surface area contributed by atoms with E-state index in [2.05, 4.69) is 36.2 Å². The first-order valence-electron chi connectivity index (χ1n) is 4.24. The molecule has 0 spiro atoms. The summed E-state index contributed by atoms with van der Waals surface area (Å²) in [4.78, 5) is 0. The molecule has 1 heterocycles. The van der Waals surface area contributed by atoms with Crippen LogP contribution >= 0.6 is 27.9 Å². The van der Waals surface area contributed by atoms with E-state index in [0.717, 1.165) is 5.52 Å². The van der Waals surface area contributed by atoms with Crippen LogP contribution in [-0.2, 0) is 14.7 Å². The molecule has 1 aromatic carbocycles. The minimum absolute atomic E-state index is 1.15. The van der Waals surface area contributed by atoms with Gasteiger partial charge in [0.1, 0.15) is 0 Å². The molecule has 0 unspecified atom stereocenters. The Morgan fingerprint density at radius 3 is 2.40 bits per heavy atom. The SMILES string of the molecule is Cc1cc(C)c2[nH]ncc2c1.[Cl][Ti]([Cl])[Cl]. The standard InChI is InChI=1S/C9H10N2.3ClH.Ti/c1-6-3-7(2)9-8(4-6)5-10-11-9;;;;/h3-5H,1-2H3,(H,10,11);3*1H;/q;;;;+3/p-3. The molecule has 0 amide bonds. The Balaban J connectivity index is 0.000000245. The van der Waals surface area contributed by atoms with Crippen LogP contribution in [0.15, 0.2) is 18.3 Å². The van der Waals surface area contributed by atoms with Gasteiger partial charge < -0.3 is 0 Å². The van der Waals surface area contributed by atoms with Crippen LogP contribution < -0.4 is 0 Å². The van der Waals surface area contributed by atoms with E-state index < -0.39 is 14.7 Å². The first kappa shape index (κ1) is 13.3. The number of aromatic nitrogens is 2. The molecule has 0 fully saturated rings. The number of benzene rings is 1. The van der Waals surface area contributed by atoms with Gasteiger partial charge in [0.25, 0.3) is 0 Å². The summed E-state index contributed by atoms with van der Waals surface area (Å²) >= 11 is -1.92. The van der Waals surface area contributed by atoms with Crippen molar-refractivity contribution < 1.29 is 14.7 Å². The molecule has 0 aliphatic heterocycles. The van der Waals surface area contributed by atoms with Crippen molar-refractivity contribution in [2.45, 2.75) is 13.8 Å². The molecule has 6 heteroatoms. The van der Waals surface area contributed by atoms with Crippen LogP contribution in [0.4, 0.5) is 0 Å². The van der Waals surface area contributed by atoms with Crippen LogP contribution in [0.5, 0.6) is 0 Å². The zero-order valence-corrected chi connectivity index (χ0v) is 12.1. The van der Waals surface area contributed by atoms with Gasteiger partial charge in [-0.1, -0.05) is 11.6 Å². The summed E-state index contributed by atoms with van der Waals surface area (Å²) < 4.78 is 0. The first-order chi connectivity index (χ1) is 7.00. The van der Waals surface area contributed by atoms with E-state index in [9.17, 15) is 0 Å². The molecule has 0 aliphatic carbocycles. The third-order valence-electron chi connectivity index (χ3n) is 1.89. The van der Waals surface area contributed by atoms with Crippen molar-refractivity contribution in [3.63, 3.8) is 0 Å². The molecular weight excluding hydrogens is 290 g/mol. The monoisotopic (exact) mass is 299 g/mol. The second-order valence-electron chi connectivity index (χ2n) is 3.13. The Hall–Kier alpha value is 0.274. The maximum absolute atomic E-state index is 4.97. The quantitative estimate of drug-likeness (QED) is 0.724. The molecule has 0 aliphatic rings. The fourth-order valence-electron chi connectivity index (χ4n) is 1.42. The summed E-state index contributed by atoms with van der Waals surface area (Å²) in [7, 11) is 14.9. The Morgan fingerprint density at radius 1 is 1.20 bits per heavy atom. The average molecular weight is 300 g/mol. The number of H-pyrrole nitrogens is 1. The van der Waals surface area contributed by atoms with Crippen molar-refractivity contribution in [2.24, 2.45) is 0 Å². The Morgan fingerprint density at radius 2 is 1.80 bits per heavy atom. The second-order valence-corrected chi connectivity index (χ2v) is 10.9. The zero-order valence-electron chi connectivity index (χ0n) is 8.31. The normalized spacial score (nSPS) is 9.67. The van der Waals surface area contributed by atoms with Gasteiger partial charge in [-0.05, 0) is 25.5 Å². The predicted molar refractivity (Wildman–Crippen MR) is 63.1 cm³/mol. The molecule has 1 N–H and O–H groups in total. The van der Waals surface area contributed by atoms with Crippen molar-refractivity contribution in [1.29, 1.82) is 0 Å². The van der Waals surface area contributed by atoms with Gasteiger partial charge in [-0.2, -0.15) is 5.10 Å². The van der Waals surface area contributed by atoms with E-state index in [-0.39, 0.29) is 0 Å². The van der Waals surface area contributed by atoms with Crippen molar-refractivity contribution >= 4 is 38.8 Å². The number of fused-ring (bicyclic) bond motifs is 1. The van der Waals surface area contributed by atoms with Crippen molar-refractivity contribution in [1.82, 2.24) is 10.2 Å². The average Bonchev–Trinajstić information content (AvgIpc) is 2.50. The summed E-state index contributed by atoms with van der Waals surface area (Å²) in [5.41, 5.74) is 3.70. The Bertz CT molecular complexity index is 439. The van der Waals surface area contributed by atoms with Gasteiger partial charge in [-0.25, -0.2) is 0 Å². The van der Waals surface area contributed by atoms with E-state index in [1.54, 1.807) is 0 Å². The zero-order chi connectivity index (χ0) is 11.4. The van der Waals surface area contributed by atoms with Gasteiger partial charge in [-0.15, -0.1) is 0 Å². The third kappa shape index (κ3) is 4.33. The number of halogens is 3. The predicted octanol–water partition coefficient (Wildman–Crippen LogP) is 4.25. The summed E-state index contributed by atoms with van der Waals surface area (Å²) in [6.45, 7) is 4.19. The molecule has 0 saturated heterocycles. The van der Waals surface area contributed by atoms with E-state index in [4.69, 9.17) is 27.9 Å². The molecule has 1 aromatic heterocycles. The number of aromatic amines is 1. The molecule has 0 atom stereocenters. The van der Waals surface area contributed by atoms with Gasteiger partial charge >= 0.3 is 42.6 Å². The van der Waals surface area contributed by atoms with Crippen LogP contribution in [0, 0.1) is 13.8 Å². The number of hydrogen-bond donors (Lipinski definition) is 1. The fourth-order valence-corrected chi connectivity index (χ4v) is 1.42. The van der Waals surface area contributed by atoms with Crippen LogP contribution in [0.1, 0.15) is 11.1 Å². The minimum atomic E-state index is -1.92. The van der Waals surface area contributed by atoms with Gasteiger partial charge in [0, 0.05) is 5.39 Å². The van der Waals surface area contributed by atoms with Crippen molar-refractivity contribution in [3.05, 3.63) is 29.5 Å². The van der Waals surface area contributed by atoms with Crippen LogP contribution in [0.2, 0.25) is 0 Å². The third-order valence-corrected chi connectivity index (χ3v) is 1.89. The molecule has 2 aromatic rings. The molecule has 0 bridgehead atoms. The maximum atomic E-state index is 4.97. The van der Waals surface area contributed by atoms with Crippen LogP contribution in [0.25, 0.3) is 10.9 Å². The van der Waals surface area contributed by atoms with Crippen molar-refractivity contribution in [3.8, 4) is 0 Å². The molecule has 0 saturated carbocycles. The number of aryl methyl sites for hydroxylation is 2. The van der Waals surface area contributed by atoms with Gasteiger partial charge in [0.15, 0.2) is 0 Å². The van der Waals surface area contributed by atoms with E-state index in [0.29, 0.717) is 0 Å². The first-order valence-corrected chi connectivity index (χ1v) is 10.7. The van der Waals surface area contributed by atoms with Crippen LogP contribution in [-0.4, -0.2) is 10.2 Å². The molecule has 2 nitrogen and oxygen atoms in total. The number of rotatable bonds is 0. The van der Waals surface area contributed by atoms with Crippen LogP contribution in [0.3, 0.4) is 0 Å². The number of nitrogens with zero attached hydrogens (tertiary/aromatic N) is 1. The molecular formula is C9H10Cl3N2Ti. The van der Waals surface area contributed by atoms with E-state index in [1.165, 1.54) is 16.5 Å². The Kier molecular flexibility index (Phi) is 5.44. The fraction of sp³-hybridized carbons (Fsp3) is 0.222. The van der Waals surface area contributed by atoms with Crippen molar-refractivity contribution in [2.75, 3.05) is 0 Å². The molecule has 0 radical (unpaired) electrons.